The van der Waals surface area contributed by atoms with E-state index in [1.54, 1.807) is 12.1 Å². The molecule has 1 aromatic heterocycles. The first-order chi connectivity index (χ1) is 14.4. The van der Waals surface area contributed by atoms with Crippen LogP contribution in [0.1, 0.15) is 13.3 Å². The molecule has 6 nitrogen and oxygen atoms in total. The van der Waals surface area contributed by atoms with Crippen LogP contribution >= 0.6 is 0 Å². The highest BCUT2D eigenvalue weighted by atomic mass is 19.1. The smallest absolute Gasteiger partial charge is 0.244 e. The Morgan fingerprint density at radius 3 is 2.77 bits per heavy atom. The van der Waals surface area contributed by atoms with Crippen molar-refractivity contribution in [2.24, 2.45) is 0 Å². The van der Waals surface area contributed by atoms with Crippen LogP contribution in [0.25, 0.3) is 22.0 Å². The quantitative estimate of drug-likeness (QED) is 0.416. The van der Waals surface area contributed by atoms with E-state index in [1.807, 2.05) is 50.0 Å². The molecule has 1 heterocycles. The van der Waals surface area contributed by atoms with Gasteiger partial charge in [0.15, 0.2) is 0 Å². The Morgan fingerprint density at radius 2 is 2.07 bits per heavy atom. The summed E-state index contributed by atoms with van der Waals surface area (Å²) in [6.07, 6.45) is 1.85. The number of aromatic nitrogens is 2. The Kier molecular flexibility index (Phi) is 6.84. The van der Waals surface area contributed by atoms with Gasteiger partial charge in [-0.1, -0.05) is 30.8 Å². The van der Waals surface area contributed by atoms with Gasteiger partial charge in [-0.05, 0) is 63.8 Å². The summed E-state index contributed by atoms with van der Waals surface area (Å²) in [5.74, 6) is 0.307. The van der Waals surface area contributed by atoms with E-state index in [9.17, 15) is 9.18 Å². The fourth-order valence-corrected chi connectivity index (χ4v) is 3.36. The number of rotatable bonds is 9. The molecule has 0 bridgehead atoms. The first-order valence-electron chi connectivity index (χ1n) is 9.98. The van der Waals surface area contributed by atoms with Gasteiger partial charge >= 0.3 is 0 Å². The van der Waals surface area contributed by atoms with Gasteiger partial charge in [0, 0.05) is 17.5 Å². The first kappa shape index (κ1) is 21.5. The second-order valence-electron chi connectivity index (χ2n) is 7.52. The second-order valence-corrected chi connectivity index (χ2v) is 7.52. The summed E-state index contributed by atoms with van der Waals surface area (Å²) in [5.41, 5.74) is 2.09. The number of aryl methyl sites for hydroxylation is 1. The molecule has 0 aliphatic carbocycles. The third-order valence-corrected chi connectivity index (χ3v) is 4.80. The van der Waals surface area contributed by atoms with Crippen LogP contribution in [-0.2, 0) is 11.3 Å². The van der Waals surface area contributed by atoms with Crippen molar-refractivity contribution < 1.29 is 9.18 Å². The van der Waals surface area contributed by atoms with E-state index < -0.39 is 0 Å². The standard InChI is InChI=1S/C23H28FN5O/c1-5-22(30)25-16(2)26-23-19-12-11-17(18-9-6-7-10-20(18)24)15-21(19)27-29(23)14-8-13-28(3)4/h5-7,9-12,15-16,26H,1,8,13-14H2,2-4H3,(H,25,30). The predicted octanol–water partition coefficient (Wildman–Crippen LogP) is 3.85. The molecule has 0 spiro atoms. The average Bonchev–Trinajstić information content (AvgIpc) is 3.04. The largest absolute Gasteiger partial charge is 0.350 e. The lowest BCUT2D eigenvalue weighted by Crippen LogP contribution is -2.37. The molecule has 0 aliphatic rings. The van der Waals surface area contributed by atoms with Crippen LogP contribution < -0.4 is 10.6 Å². The topological polar surface area (TPSA) is 62.2 Å². The maximum absolute atomic E-state index is 14.2. The lowest BCUT2D eigenvalue weighted by atomic mass is 10.0. The third kappa shape index (κ3) is 5.04. The summed E-state index contributed by atoms with van der Waals surface area (Å²) in [6.45, 7) is 6.99. The average molecular weight is 410 g/mol. The second kappa shape index (κ2) is 9.54. The van der Waals surface area contributed by atoms with Crippen molar-refractivity contribution in [2.45, 2.75) is 26.1 Å². The van der Waals surface area contributed by atoms with Gasteiger partial charge in [0.2, 0.25) is 5.91 Å². The molecule has 0 aliphatic heterocycles. The van der Waals surface area contributed by atoms with Crippen molar-refractivity contribution in [3.8, 4) is 11.1 Å². The van der Waals surface area contributed by atoms with Crippen LogP contribution in [0.15, 0.2) is 55.1 Å². The van der Waals surface area contributed by atoms with Crippen LogP contribution in [0.2, 0.25) is 0 Å². The number of amides is 1. The fourth-order valence-electron chi connectivity index (χ4n) is 3.36. The van der Waals surface area contributed by atoms with Gasteiger partial charge in [-0.3, -0.25) is 4.79 Å². The summed E-state index contributed by atoms with van der Waals surface area (Å²) in [4.78, 5) is 13.8. The van der Waals surface area contributed by atoms with Crippen LogP contribution in [0.3, 0.4) is 0 Å². The summed E-state index contributed by atoms with van der Waals surface area (Å²) >= 11 is 0. The SMILES string of the molecule is C=CC(=O)NC(C)Nc1c2ccc(-c3ccccc3F)cc2nn1CCCN(C)C. The Labute approximate surface area is 176 Å². The van der Waals surface area contributed by atoms with Crippen LogP contribution in [0.4, 0.5) is 10.2 Å². The zero-order valence-corrected chi connectivity index (χ0v) is 17.7. The number of anilines is 1. The number of hydrogen-bond acceptors (Lipinski definition) is 4. The van der Waals surface area contributed by atoms with Gasteiger partial charge in [-0.25, -0.2) is 9.07 Å². The number of nitrogens with one attached hydrogen (secondary N) is 2. The van der Waals surface area contributed by atoms with Gasteiger partial charge < -0.3 is 15.5 Å². The molecule has 1 atom stereocenters. The van der Waals surface area contributed by atoms with Crippen molar-refractivity contribution in [3.63, 3.8) is 0 Å². The van der Waals surface area contributed by atoms with Crippen molar-refractivity contribution in [2.75, 3.05) is 26.0 Å². The summed E-state index contributed by atoms with van der Waals surface area (Å²) in [6, 6.07) is 12.4. The van der Waals surface area contributed by atoms with E-state index >= 15 is 0 Å². The van der Waals surface area contributed by atoms with E-state index in [4.69, 9.17) is 5.10 Å². The van der Waals surface area contributed by atoms with Crippen molar-refractivity contribution in [1.82, 2.24) is 20.0 Å². The Bertz CT molecular complexity index is 1040. The predicted molar refractivity (Wildman–Crippen MR) is 120 cm³/mol. The van der Waals surface area contributed by atoms with Gasteiger partial charge in [0.1, 0.15) is 11.6 Å². The molecule has 3 rings (SSSR count). The third-order valence-electron chi connectivity index (χ3n) is 4.80. The number of hydrogen-bond donors (Lipinski definition) is 2. The minimum Gasteiger partial charge on any atom is -0.350 e. The molecule has 1 unspecified atom stereocenters. The summed E-state index contributed by atoms with van der Waals surface area (Å²) in [7, 11) is 4.07. The van der Waals surface area contributed by atoms with Gasteiger partial charge in [0.25, 0.3) is 0 Å². The monoisotopic (exact) mass is 409 g/mol. The van der Waals surface area contributed by atoms with Crippen LogP contribution in [0.5, 0.6) is 0 Å². The molecule has 30 heavy (non-hydrogen) atoms. The fraction of sp³-hybridized carbons (Fsp3) is 0.304. The molecule has 158 valence electrons. The van der Waals surface area contributed by atoms with Gasteiger partial charge in [0.05, 0.1) is 11.7 Å². The number of carbonyl (C=O) groups is 1. The minimum absolute atomic E-state index is 0.250. The zero-order chi connectivity index (χ0) is 21.7. The van der Waals surface area contributed by atoms with Crippen molar-refractivity contribution >= 4 is 22.6 Å². The molecule has 2 aromatic carbocycles. The maximum atomic E-state index is 14.2. The lowest BCUT2D eigenvalue weighted by molar-refractivity contribution is -0.116. The normalized spacial score (nSPS) is 12.2. The molecular weight excluding hydrogens is 381 g/mol. The van der Waals surface area contributed by atoms with E-state index in [0.29, 0.717) is 12.1 Å². The number of halogens is 1. The maximum Gasteiger partial charge on any atom is 0.244 e. The molecule has 1 amide bonds. The zero-order valence-electron chi connectivity index (χ0n) is 17.7. The summed E-state index contributed by atoms with van der Waals surface area (Å²) < 4.78 is 16.2. The van der Waals surface area contributed by atoms with Gasteiger partial charge in [-0.15, -0.1) is 0 Å². The van der Waals surface area contributed by atoms with Crippen LogP contribution in [-0.4, -0.2) is 47.4 Å². The molecule has 0 radical (unpaired) electrons. The number of nitrogens with zero attached hydrogens (tertiary/aromatic N) is 3. The molecule has 0 saturated carbocycles. The minimum atomic E-state index is -0.311. The summed E-state index contributed by atoms with van der Waals surface area (Å²) in [5, 5.41) is 11.8. The Hall–Kier alpha value is -3.19. The Morgan fingerprint density at radius 1 is 1.30 bits per heavy atom. The Balaban J connectivity index is 1.96. The van der Waals surface area contributed by atoms with Gasteiger partial charge in [-0.2, -0.15) is 5.10 Å². The molecule has 0 saturated heterocycles. The van der Waals surface area contributed by atoms with E-state index in [1.165, 1.54) is 12.1 Å². The first-order valence-corrected chi connectivity index (χ1v) is 9.98. The van der Waals surface area contributed by atoms with E-state index in [-0.39, 0.29) is 17.9 Å². The van der Waals surface area contributed by atoms with Crippen molar-refractivity contribution in [3.05, 3.63) is 60.9 Å². The van der Waals surface area contributed by atoms with E-state index in [2.05, 4.69) is 22.1 Å². The molecule has 3 aromatic rings. The molecule has 7 heteroatoms. The molecule has 0 fully saturated rings. The number of carbonyl (C=O) groups excluding carboxylic acids is 1. The van der Waals surface area contributed by atoms with E-state index in [0.717, 1.165) is 35.2 Å². The highest BCUT2D eigenvalue weighted by molar-refractivity contribution is 5.93. The van der Waals surface area contributed by atoms with Crippen LogP contribution in [0, 0.1) is 5.82 Å². The van der Waals surface area contributed by atoms with Crippen molar-refractivity contribution in [1.29, 1.82) is 0 Å². The highest BCUT2D eigenvalue weighted by Crippen LogP contribution is 2.30. The highest BCUT2D eigenvalue weighted by Gasteiger charge is 2.16. The lowest BCUT2D eigenvalue weighted by Gasteiger charge is -2.18. The number of benzene rings is 2. The molecular formula is C23H28FN5O. The number of fused-ring (bicyclic) bond motifs is 1. The molecule has 2 N–H and O–H groups in total.